The Balaban J connectivity index is 2.48. The molecule has 0 atom stereocenters. The lowest BCUT2D eigenvalue weighted by molar-refractivity contribution is 0.0692. The molecule has 0 unspecified atom stereocenters. The molecule has 116 valence electrons. The van der Waals surface area contributed by atoms with Gasteiger partial charge in [-0.25, -0.2) is 27.5 Å². The number of sulfonamides is 1. The number of urea groups is 1. The van der Waals surface area contributed by atoms with Crippen molar-refractivity contribution in [3.05, 3.63) is 29.6 Å². The number of benzene rings is 1. The van der Waals surface area contributed by atoms with Crippen molar-refractivity contribution in [2.24, 2.45) is 5.14 Å². The van der Waals surface area contributed by atoms with Crippen molar-refractivity contribution in [1.82, 2.24) is 5.32 Å². The molecule has 0 aliphatic heterocycles. The summed E-state index contributed by atoms with van der Waals surface area (Å²) in [6, 6.07) is 2.45. The standard InChI is InChI=1S/C11H14FN3O5S/c12-9-6-7(2-3-8(9)10(16)17)15-11(18)14-4-1-5-21(13,19)20/h2-3,6H,1,4-5H2,(H,16,17)(H2,13,19,20)(H2,14,15,18). The predicted molar refractivity (Wildman–Crippen MR) is 73.0 cm³/mol. The molecule has 1 aromatic carbocycles. The van der Waals surface area contributed by atoms with Crippen LogP contribution in [-0.2, 0) is 10.0 Å². The van der Waals surface area contributed by atoms with Crippen LogP contribution in [0.25, 0.3) is 0 Å². The molecule has 0 radical (unpaired) electrons. The van der Waals surface area contributed by atoms with Crippen molar-refractivity contribution in [3.63, 3.8) is 0 Å². The number of carboxylic acids is 1. The Hall–Kier alpha value is -2.20. The quantitative estimate of drug-likeness (QED) is 0.559. The van der Waals surface area contributed by atoms with Gasteiger partial charge in [0.1, 0.15) is 5.82 Å². The van der Waals surface area contributed by atoms with Crippen LogP contribution < -0.4 is 15.8 Å². The Morgan fingerprint density at radius 1 is 1.33 bits per heavy atom. The third-order valence-corrected chi connectivity index (χ3v) is 3.21. The lowest BCUT2D eigenvalue weighted by Crippen LogP contribution is -2.31. The van der Waals surface area contributed by atoms with E-state index in [4.69, 9.17) is 10.2 Å². The molecule has 5 N–H and O–H groups in total. The Kier molecular flexibility index (Phi) is 5.61. The molecule has 0 saturated heterocycles. The van der Waals surface area contributed by atoms with E-state index in [-0.39, 0.29) is 24.4 Å². The summed E-state index contributed by atoms with van der Waals surface area (Å²) in [5, 5.41) is 18.1. The third-order valence-electron chi connectivity index (χ3n) is 2.35. The molecule has 0 saturated carbocycles. The summed E-state index contributed by atoms with van der Waals surface area (Å²) in [4.78, 5) is 22.0. The van der Waals surface area contributed by atoms with Crippen molar-refractivity contribution in [1.29, 1.82) is 0 Å². The molecule has 1 aromatic rings. The van der Waals surface area contributed by atoms with Gasteiger partial charge in [0.25, 0.3) is 0 Å². The van der Waals surface area contributed by atoms with Crippen LogP contribution in [-0.4, -0.2) is 37.8 Å². The molecule has 2 amide bonds. The van der Waals surface area contributed by atoms with Gasteiger partial charge >= 0.3 is 12.0 Å². The normalized spacial score (nSPS) is 11.0. The first-order valence-corrected chi connectivity index (χ1v) is 7.49. The lowest BCUT2D eigenvalue weighted by atomic mass is 10.2. The fourth-order valence-corrected chi connectivity index (χ4v) is 1.96. The van der Waals surface area contributed by atoms with Crippen molar-refractivity contribution in [2.75, 3.05) is 17.6 Å². The van der Waals surface area contributed by atoms with Gasteiger partial charge in [0.15, 0.2) is 0 Å². The average molecular weight is 319 g/mol. The van der Waals surface area contributed by atoms with E-state index in [0.717, 1.165) is 12.1 Å². The Bertz CT molecular complexity index is 647. The van der Waals surface area contributed by atoms with Crippen LogP contribution in [0.2, 0.25) is 0 Å². The van der Waals surface area contributed by atoms with Crippen LogP contribution in [0.1, 0.15) is 16.8 Å². The molecule has 0 aromatic heterocycles. The highest BCUT2D eigenvalue weighted by Crippen LogP contribution is 2.14. The molecule has 0 spiro atoms. The smallest absolute Gasteiger partial charge is 0.338 e. The highest BCUT2D eigenvalue weighted by Gasteiger charge is 2.11. The van der Waals surface area contributed by atoms with Gasteiger partial charge in [-0.05, 0) is 24.6 Å². The van der Waals surface area contributed by atoms with E-state index in [1.165, 1.54) is 6.07 Å². The number of anilines is 1. The zero-order valence-electron chi connectivity index (χ0n) is 10.8. The third kappa shape index (κ3) is 6.19. The van der Waals surface area contributed by atoms with Gasteiger partial charge < -0.3 is 15.7 Å². The van der Waals surface area contributed by atoms with Crippen LogP contribution in [0.3, 0.4) is 0 Å². The Labute approximate surface area is 120 Å². The summed E-state index contributed by atoms with van der Waals surface area (Å²) in [6.45, 7) is 0.0674. The summed E-state index contributed by atoms with van der Waals surface area (Å²) in [6.07, 6.45) is 0.137. The number of carboxylic acid groups (broad SMARTS) is 1. The molecule has 8 nitrogen and oxygen atoms in total. The number of nitrogens with two attached hydrogens (primary N) is 1. The zero-order chi connectivity index (χ0) is 16.0. The van der Waals surface area contributed by atoms with E-state index in [0.29, 0.717) is 0 Å². The molecule has 21 heavy (non-hydrogen) atoms. The molecule has 1 rings (SSSR count). The van der Waals surface area contributed by atoms with Crippen LogP contribution in [0.4, 0.5) is 14.9 Å². The topological polar surface area (TPSA) is 139 Å². The van der Waals surface area contributed by atoms with E-state index in [2.05, 4.69) is 10.6 Å². The predicted octanol–water partition coefficient (Wildman–Crippen LogP) is 0.324. The molecule has 0 fully saturated rings. The minimum absolute atomic E-state index is 0.0674. The van der Waals surface area contributed by atoms with Crippen LogP contribution in [0.15, 0.2) is 18.2 Å². The Morgan fingerprint density at radius 3 is 2.52 bits per heavy atom. The maximum Gasteiger partial charge on any atom is 0.338 e. The monoisotopic (exact) mass is 319 g/mol. The average Bonchev–Trinajstić information content (AvgIpc) is 2.33. The van der Waals surface area contributed by atoms with Gasteiger partial charge in [0.05, 0.1) is 11.3 Å². The summed E-state index contributed by atoms with van der Waals surface area (Å²) in [5.41, 5.74) is -0.435. The van der Waals surface area contributed by atoms with Gasteiger partial charge in [0, 0.05) is 12.2 Å². The zero-order valence-corrected chi connectivity index (χ0v) is 11.6. The summed E-state index contributed by atoms with van der Waals surface area (Å²) in [5.74, 6) is -2.66. The maximum atomic E-state index is 13.4. The van der Waals surface area contributed by atoms with E-state index in [1.807, 2.05) is 0 Å². The molecule has 10 heteroatoms. The number of nitrogens with one attached hydrogen (secondary N) is 2. The number of hydrogen-bond donors (Lipinski definition) is 4. The van der Waals surface area contributed by atoms with Gasteiger partial charge in [-0.3, -0.25) is 0 Å². The minimum Gasteiger partial charge on any atom is -0.478 e. The van der Waals surface area contributed by atoms with Crippen LogP contribution in [0.5, 0.6) is 0 Å². The fourth-order valence-electron chi connectivity index (χ4n) is 1.42. The number of amides is 2. The second-order valence-corrected chi connectivity index (χ2v) is 5.84. The van der Waals surface area contributed by atoms with Crippen molar-refractivity contribution in [2.45, 2.75) is 6.42 Å². The van der Waals surface area contributed by atoms with E-state index in [1.54, 1.807) is 0 Å². The molecular weight excluding hydrogens is 305 g/mol. The van der Waals surface area contributed by atoms with Gasteiger partial charge in [-0.2, -0.15) is 0 Å². The van der Waals surface area contributed by atoms with Crippen molar-refractivity contribution < 1.29 is 27.5 Å². The first-order valence-electron chi connectivity index (χ1n) is 5.77. The number of primary sulfonamides is 1. The lowest BCUT2D eigenvalue weighted by Gasteiger charge is -2.08. The largest absolute Gasteiger partial charge is 0.478 e. The minimum atomic E-state index is -3.58. The number of aromatic carboxylic acids is 1. The highest BCUT2D eigenvalue weighted by molar-refractivity contribution is 7.89. The van der Waals surface area contributed by atoms with E-state index < -0.39 is 33.4 Å². The summed E-state index contributed by atoms with van der Waals surface area (Å²) < 4.78 is 34.7. The van der Waals surface area contributed by atoms with Gasteiger partial charge in [0.2, 0.25) is 10.0 Å². The second-order valence-electron chi connectivity index (χ2n) is 4.10. The maximum absolute atomic E-state index is 13.4. The van der Waals surface area contributed by atoms with E-state index >= 15 is 0 Å². The summed E-state index contributed by atoms with van der Waals surface area (Å²) in [7, 11) is -3.58. The van der Waals surface area contributed by atoms with Crippen LogP contribution >= 0.6 is 0 Å². The molecular formula is C11H14FN3O5S. The van der Waals surface area contributed by atoms with Crippen molar-refractivity contribution in [3.8, 4) is 0 Å². The number of hydrogen-bond acceptors (Lipinski definition) is 4. The van der Waals surface area contributed by atoms with E-state index in [9.17, 15) is 22.4 Å². The van der Waals surface area contributed by atoms with Crippen molar-refractivity contribution >= 4 is 27.7 Å². The SMILES string of the molecule is NS(=O)(=O)CCCNC(=O)Nc1ccc(C(=O)O)c(F)c1. The number of rotatable bonds is 6. The number of halogens is 1. The van der Waals surface area contributed by atoms with Gasteiger partial charge in [-0.1, -0.05) is 0 Å². The molecule has 0 heterocycles. The first-order chi connectivity index (χ1) is 9.69. The van der Waals surface area contributed by atoms with Crippen LogP contribution in [0, 0.1) is 5.82 Å². The molecule has 0 aliphatic rings. The molecule has 0 aliphatic carbocycles. The Morgan fingerprint density at radius 2 is 2.00 bits per heavy atom. The summed E-state index contributed by atoms with van der Waals surface area (Å²) >= 11 is 0. The second kappa shape index (κ2) is 6.99. The highest BCUT2D eigenvalue weighted by atomic mass is 32.2. The number of carbonyl (C=O) groups is 2. The number of carbonyl (C=O) groups excluding carboxylic acids is 1. The molecule has 0 bridgehead atoms. The first kappa shape index (κ1) is 16.9. The fraction of sp³-hybridized carbons (Fsp3) is 0.273. The van der Waals surface area contributed by atoms with Gasteiger partial charge in [-0.15, -0.1) is 0 Å².